The molecule has 2 amide bonds. The predicted molar refractivity (Wildman–Crippen MR) is 104 cm³/mol. The van der Waals surface area contributed by atoms with E-state index in [9.17, 15) is 4.79 Å². The van der Waals surface area contributed by atoms with E-state index in [1.807, 2.05) is 30.3 Å². The number of rotatable bonds is 6. The van der Waals surface area contributed by atoms with Crippen molar-refractivity contribution in [2.75, 3.05) is 30.2 Å². The average Bonchev–Trinajstić information content (AvgIpc) is 2.70. The summed E-state index contributed by atoms with van der Waals surface area (Å²) < 4.78 is 10.5. The monoisotopic (exact) mass is 365 g/mol. The molecule has 1 aromatic heterocycles. The number of carbonyl (C=O) groups is 1. The van der Waals surface area contributed by atoms with E-state index in [1.165, 1.54) is 0 Å². The van der Waals surface area contributed by atoms with Crippen LogP contribution >= 0.6 is 0 Å². The Bertz CT molecular complexity index is 901. The van der Waals surface area contributed by atoms with Crippen molar-refractivity contribution in [3.8, 4) is 11.5 Å². The highest BCUT2D eigenvalue weighted by atomic mass is 16.5. The summed E-state index contributed by atoms with van der Waals surface area (Å²) >= 11 is 0. The average molecular weight is 365 g/mol. The molecule has 2 aromatic carbocycles. The Balaban J connectivity index is 1.63. The SMILES string of the molecule is COc1ccc(Nc2ccc(NC(=O)Nc3ccccc3)nn2)c(OC)c1. The normalized spacial score (nSPS) is 10.0. The topological polar surface area (TPSA) is 97.4 Å². The molecular weight excluding hydrogens is 346 g/mol. The van der Waals surface area contributed by atoms with Crippen molar-refractivity contribution in [1.82, 2.24) is 10.2 Å². The first-order valence-electron chi connectivity index (χ1n) is 8.14. The van der Waals surface area contributed by atoms with Crippen LogP contribution in [0.5, 0.6) is 11.5 Å². The molecule has 8 heteroatoms. The van der Waals surface area contributed by atoms with Gasteiger partial charge in [0.1, 0.15) is 11.5 Å². The number of aromatic nitrogens is 2. The van der Waals surface area contributed by atoms with Gasteiger partial charge >= 0.3 is 6.03 Å². The maximum absolute atomic E-state index is 12.0. The molecule has 0 atom stereocenters. The summed E-state index contributed by atoms with van der Waals surface area (Å²) in [5.74, 6) is 2.14. The lowest BCUT2D eigenvalue weighted by Gasteiger charge is -2.12. The summed E-state index contributed by atoms with van der Waals surface area (Å²) in [5.41, 5.74) is 1.41. The summed E-state index contributed by atoms with van der Waals surface area (Å²) in [7, 11) is 3.16. The standard InChI is InChI=1S/C19H19N5O3/c1-26-14-8-9-15(16(12-14)27-2)21-17-10-11-18(24-23-17)22-19(25)20-13-6-4-3-5-7-13/h3-12H,1-2H3,(H,21,23)(H2,20,22,24,25). The molecule has 0 fully saturated rings. The number of carbonyl (C=O) groups excluding carboxylic acids is 1. The van der Waals surface area contributed by atoms with Gasteiger partial charge in [0.2, 0.25) is 0 Å². The van der Waals surface area contributed by atoms with Crippen LogP contribution in [0.3, 0.4) is 0 Å². The molecule has 138 valence electrons. The summed E-state index contributed by atoms with van der Waals surface area (Å²) in [4.78, 5) is 12.0. The molecule has 0 unspecified atom stereocenters. The maximum atomic E-state index is 12.0. The third kappa shape index (κ3) is 4.85. The first-order chi connectivity index (χ1) is 13.2. The number of benzene rings is 2. The molecule has 0 saturated carbocycles. The van der Waals surface area contributed by atoms with E-state index < -0.39 is 6.03 Å². The van der Waals surface area contributed by atoms with Gasteiger partial charge in [-0.15, -0.1) is 10.2 Å². The smallest absolute Gasteiger partial charge is 0.324 e. The molecule has 0 spiro atoms. The molecule has 0 saturated heterocycles. The number of nitrogens with one attached hydrogen (secondary N) is 3. The number of hydrogen-bond acceptors (Lipinski definition) is 6. The Hall–Kier alpha value is -3.81. The quantitative estimate of drug-likeness (QED) is 0.613. The molecule has 1 heterocycles. The minimum atomic E-state index is -0.395. The summed E-state index contributed by atoms with van der Waals surface area (Å²) in [5, 5.41) is 16.5. The van der Waals surface area contributed by atoms with Crippen LogP contribution in [-0.4, -0.2) is 30.4 Å². The van der Waals surface area contributed by atoms with Crippen molar-refractivity contribution in [2.24, 2.45) is 0 Å². The number of ether oxygens (including phenoxy) is 2. The highest BCUT2D eigenvalue weighted by Gasteiger charge is 2.08. The third-order valence-corrected chi connectivity index (χ3v) is 3.61. The molecule has 3 N–H and O–H groups in total. The van der Waals surface area contributed by atoms with Gasteiger partial charge in [-0.1, -0.05) is 18.2 Å². The van der Waals surface area contributed by atoms with Gasteiger partial charge in [0.05, 0.1) is 19.9 Å². The van der Waals surface area contributed by atoms with E-state index in [0.717, 1.165) is 5.69 Å². The van der Waals surface area contributed by atoms with E-state index in [0.29, 0.717) is 28.8 Å². The second kappa shape index (κ2) is 8.52. The van der Waals surface area contributed by atoms with E-state index in [4.69, 9.17) is 9.47 Å². The number of hydrogen-bond donors (Lipinski definition) is 3. The lowest BCUT2D eigenvalue weighted by Crippen LogP contribution is -2.20. The third-order valence-electron chi connectivity index (χ3n) is 3.61. The van der Waals surface area contributed by atoms with Gasteiger partial charge < -0.3 is 20.1 Å². The fraction of sp³-hybridized carbons (Fsp3) is 0.105. The van der Waals surface area contributed by atoms with E-state index in [1.54, 1.807) is 44.6 Å². The Morgan fingerprint density at radius 2 is 1.59 bits per heavy atom. The fourth-order valence-corrected chi connectivity index (χ4v) is 2.31. The number of anilines is 4. The van der Waals surface area contributed by atoms with E-state index >= 15 is 0 Å². The summed E-state index contributed by atoms with van der Waals surface area (Å²) in [6.07, 6.45) is 0. The summed E-state index contributed by atoms with van der Waals surface area (Å²) in [6.45, 7) is 0. The van der Waals surface area contributed by atoms with Crippen LogP contribution in [0, 0.1) is 0 Å². The first kappa shape index (κ1) is 18.0. The second-order valence-corrected chi connectivity index (χ2v) is 5.44. The highest BCUT2D eigenvalue weighted by molar-refractivity contribution is 5.99. The Morgan fingerprint density at radius 1 is 0.852 bits per heavy atom. The molecule has 3 aromatic rings. The largest absolute Gasteiger partial charge is 0.497 e. The van der Waals surface area contributed by atoms with Crippen molar-refractivity contribution >= 4 is 29.0 Å². The zero-order chi connectivity index (χ0) is 19.1. The molecule has 0 radical (unpaired) electrons. The van der Waals surface area contributed by atoms with E-state index in [2.05, 4.69) is 26.1 Å². The number of nitrogens with zero attached hydrogens (tertiary/aromatic N) is 2. The highest BCUT2D eigenvalue weighted by Crippen LogP contribution is 2.30. The molecule has 27 heavy (non-hydrogen) atoms. The van der Waals surface area contributed by atoms with Crippen LogP contribution in [-0.2, 0) is 0 Å². The maximum Gasteiger partial charge on any atom is 0.324 e. The van der Waals surface area contributed by atoms with Gasteiger partial charge in [-0.2, -0.15) is 0 Å². The molecule has 0 bridgehead atoms. The number of amides is 2. The van der Waals surface area contributed by atoms with E-state index in [-0.39, 0.29) is 0 Å². The molecule has 3 rings (SSSR count). The van der Waals surface area contributed by atoms with Crippen molar-refractivity contribution in [2.45, 2.75) is 0 Å². The molecular formula is C19H19N5O3. The van der Waals surface area contributed by atoms with Gasteiger partial charge in [-0.25, -0.2) is 4.79 Å². The Labute approximate surface area is 156 Å². The Kier molecular flexibility index (Phi) is 5.68. The predicted octanol–water partition coefficient (Wildman–Crippen LogP) is 3.88. The minimum Gasteiger partial charge on any atom is -0.497 e. The van der Waals surface area contributed by atoms with Crippen molar-refractivity contribution in [1.29, 1.82) is 0 Å². The lowest BCUT2D eigenvalue weighted by molar-refractivity contribution is 0.262. The van der Waals surface area contributed by atoms with Crippen molar-refractivity contribution < 1.29 is 14.3 Å². The number of urea groups is 1. The van der Waals surface area contributed by atoms with Crippen LogP contribution in [0.1, 0.15) is 0 Å². The fourth-order valence-electron chi connectivity index (χ4n) is 2.31. The lowest BCUT2D eigenvalue weighted by atomic mass is 10.2. The first-order valence-corrected chi connectivity index (χ1v) is 8.14. The van der Waals surface area contributed by atoms with Crippen molar-refractivity contribution in [3.05, 3.63) is 60.7 Å². The number of para-hydroxylation sites is 1. The molecule has 0 aliphatic heterocycles. The number of methoxy groups -OCH3 is 2. The van der Waals surface area contributed by atoms with Gasteiger partial charge in [0.25, 0.3) is 0 Å². The van der Waals surface area contributed by atoms with Crippen LogP contribution in [0.15, 0.2) is 60.7 Å². The van der Waals surface area contributed by atoms with Gasteiger partial charge in [0, 0.05) is 11.8 Å². The summed E-state index contributed by atoms with van der Waals surface area (Å²) in [6, 6.07) is 17.5. The molecule has 0 aliphatic rings. The van der Waals surface area contributed by atoms with Crippen LogP contribution in [0.4, 0.5) is 27.8 Å². The van der Waals surface area contributed by atoms with Gasteiger partial charge in [-0.05, 0) is 36.4 Å². The van der Waals surface area contributed by atoms with Gasteiger partial charge in [-0.3, -0.25) is 5.32 Å². The van der Waals surface area contributed by atoms with Crippen LogP contribution in [0.2, 0.25) is 0 Å². The van der Waals surface area contributed by atoms with Gasteiger partial charge in [0.15, 0.2) is 11.6 Å². The Morgan fingerprint density at radius 3 is 2.26 bits per heavy atom. The molecule has 0 aliphatic carbocycles. The van der Waals surface area contributed by atoms with Crippen molar-refractivity contribution in [3.63, 3.8) is 0 Å². The minimum absolute atomic E-state index is 0.329. The second-order valence-electron chi connectivity index (χ2n) is 5.44. The van der Waals surface area contributed by atoms with Crippen LogP contribution < -0.4 is 25.4 Å². The van der Waals surface area contributed by atoms with Crippen LogP contribution in [0.25, 0.3) is 0 Å². The molecule has 8 nitrogen and oxygen atoms in total. The zero-order valence-electron chi connectivity index (χ0n) is 14.9. The zero-order valence-corrected chi connectivity index (χ0v) is 14.9.